The van der Waals surface area contributed by atoms with Gasteiger partial charge in [0.1, 0.15) is 0 Å². The first-order valence-electron chi connectivity index (χ1n) is 0. The monoisotopic (exact) mass is 236 g/mol. The fourth-order valence-electron chi connectivity index (χ4n) is 0. The second kappa shape index (κ2) is 45.2. The molecule has 0 nitrogen and oxygen atoms in total. The van der Waals surface area contributed by atoms with E-state index in [0.717, 1.165) is 0 Å². The maximum atomic E-state index is 0. The van der Waals surface area contributed by atoms with E-state index in [9.17, 15) is 0 Å². The largest absolute Gasteiger partial charge is 3.00 e. The third kappa shape index (κ3) is 28.8. The van der Waals surface area contributed by atoms with Crippen LogP contribution >= 0.6 is 0 Å². The summed E-state index contributed by atoms with van der Waals surface area (Å²) in [6.07, 6.45) is 0. The summed E-state index contributed by atoms with van der Waals surface area (Å²) in [5, 5.41) is 0. The van der Waals surface area contributed by atoms with Gasteiger partial charge in [-0.05, 0) is 0 Å². The Balaban J connectivity index is 0. The van der Waals surface area contributed by atoms with Gasteiger partial charge in [-0.25, -0.2) is 0 Å². The van der Waals surface area contributed by atoms with Crippen molar-refractivity contribution < 1.29 is 101 Å². The van der Waals surface area contributed by atoms with E-state index in [2.05, 4.69) is 0 Å². The van der Waals surface area contributed by atoms with Crippen molar-refractivity contribution in [3.8, 4) is 0 Å². The molecule has 0 amide bonds. The van der Waals surface area contributed by atoms with E-state index in [0.29, 0.717) is 0 Å². The molecule has 0 aliphatic heterocycles. The van der Waals surface area contributed by atoms with Crippen molar-refractivity contribution in [2.24, 2.45) is 0 Å². The van der Waals surface area contributed by atoms with Crippen molar-refractivity contribution in [1.82, 2.24) is 0 Å². The maximum Gasteiger partial charge on any atom is 3.00 e. The SMILES string of the molecule is [Cl-].[Cl-].[Cl-].[Cl-].[Li+].[Y+3]. The molecular formula is Cl4LiY. The van der Waals surface area contributed by atoms with Crippen molar-refractivity contribution in [1.29, 1.82) is 0 Å². The molecule has 6 heteroatoms. The van der Waals surface area contributed by atoms with Gasteiger partial charge in [0.2, 0.25) is 0 Å². The topological polar surface area (TPSA) is 0 Å². The summed E-state index contributed by atoms with van der Waals surface area (Å²) >= 11 is 0. The summed E-state index contributed by atoms with van der Waals surface area (Å²) in [6, 6.07) is 0. The zero-order valence-electron chi connectivity index (χ0n) is 3.09. The van der Waals surface area contributed by atoms with Gasteiger partial charge >= 0.3 is 51.6 Å². The third-order valence-electron chi connectivity index (χ3n) is 0. The molecule has 0 fully saturated rings. The fraction of sp³-hybridized carbons (Fsp3) is 0. The van der Waals surface area contributed by atoms with E-state index < -0.39 is 0 Å². The van der Waals surface area contributed by atoms with Gasteiger partial charge in [0.15, 0.2) is 0 Å². The Morgan fingerprint density at radius 2 is 0.500 bits per heavy atom. The van der Waals surface area contributed by atoms with Gasteiger partial charge in [-0.1, -0.05) is 0 Å². The van der Waals surface area contributed by atoms with Gasteiger partial charge in [0.25, 0.3) is 0 Å². The van der Waals surface area contributed by atoms with E-state index in [1.807, 2.05) is 0 Å². The Bertz CT molecular complexity index is 7.51. The van der Waals surface area contributed by atoms with Gasteiger partial charge in [-0.2, -0.15) is 0 Å². The quantitative estimate of drug-likeness (QED) is 0.367. The summed E-state index contributed by atoms with van der Waals surface area (Å²) < 4.78 is 0. The van der Waals surface area contributed by atoms with Crippen LogP contribution < -0.4 is 68.5 Å². The molecule has 0 saturated carbocycles. The molecule has 0 N–H and O–H groups in total. The third-order valence-corrected chi connectivity index (χ3v) is 0. The first kappa shape index (κ1) is 66.9. The normalized spacial score (nSPS) is 0. The molecule has 32 valence electrons. The van der Waals surface area contributed by atoms with Crippen LogP contribution in [-0.2, 0) is 32.7 Å². The van der Waals surface area contributed by atoms with Crippen molar-refractivity contribution >= 4 is 0 Å². The standard InChI is InChI=1S/4ClH.Li.Y/h4*1H;;/q;;;;+1;+3/p-4. The number of rotatable bonds is 0. The molecule has 6 heavy (non-hydrogen) atoms. The molecule has 0 unspecified atom stereocenters. The predicted molar refractivity (Wildman–Crippen MR) is 0 cm³/mol. The second-order valence-electron chi connectivity index (χ2n) is 0. The van der Waals surface area contributed by atoms with E-state index >= 15 is 0 Å². The van der Waals surface area contributed by atoms with Gasteiger partial charge < -0.3 is 49.6 Å². The Kier molecular flexibility index (Phi) is 504. The van der Waals surface area contributed by atoms with Crippen molar-refractivity contribution in [2.45, 2.75) is 0 Å². The van der Waals surface area contributed by atoms with E-state index in [4.69, 9.17) is 0 Å². The molecule has 0 aliphatic carbocycles. The summed E-state index contributed by atoms with van der Waals surface area (Å²) in [6.45, 7) is 0. The van der Waals surface area contributed by atoms with Crippen LogP contribution in [-0.4, -0.2) is 0 Å². The molecule has 0 aromatic heterocycles. The van der Waals surface area contributed by atoms with Crippen molar-refractivity contribution in [3.63, 3.8) is 0 Å². The average molecular weight is 238 g/mol. The van der Waals surface area contributed by atoms with E-state index in [1.165, 1.54) is 0 Å². The Labute approximate surface area is 99.7 Å². The van der Waals surface area contributed by atoms with E-state index in [-0.39, 0.29) is 101 Å². The molecule has 0 bridgehead atoms. The molecule has 0 heterocycles. The van der Waals surface area contributed by atoms with Crippen molar-refractivity contribution in [3.05, 3.63) is 0 Å². The molecule has 0 atom stereocenters. The van der Waals surface area contributed by atoms with E-state index in [1.54, 1.807) is 0 Å². The number of hydrogen-bond donors (Lipinski definition) is 0. The molecule has 0 saturated heterocycles. The van der Waals surface area contributed by atoms with Crippen LogP contribution in [0.1, 0.15) is 0 Å². The Morgan fingerprint density at radius 1 is 0.500 bits per heavy atom. The van der Waals surface area contributed by atoms with Crippen LogP contribution in [0.25, 0.3) is 0 Å². The van der Waals surface area contributed by atoms with Gasteiger partial charge in [0.05, 0.1) is 0 Å². The summed E-state index contributed by atoms with van der Waals surface area (Å²) in [7, 11) is 0. The Morgan fingerprint density at radius 3 is 0.500 bits per heavy atom. The molecular weight excluding hydrogens is 238 g/mol. The molecule has 0 rings (SSSR count). The average Bonchev–Trinajstić information content (AvgIpc) is 0. The summed E-state index contributed by atoms with van der Waals surface area (Å²) in [5.74, 6) is 0. The number of hydrogen-bond acceptors (Lipinski definition) is 0. The molecule has 0 aromatic rings. The predicted octanol–water partition coefficient (Wildman–Crippen LogP) is -15.0. The molecule has 0 spiro atoms. The zero-order valence-corrected chi connectivity index (χ0v) is 8.95. The maximum absolute atomic E-state index is 0. The van der Waals surface area contributed by atoms with Gasteiger partial charge in [-0.15, -0.1) is 0 Å². The molecule has 0 aliphatic rings. The van der Waals surface area contributed by atoms with Gasteiger partial charge in [0, 0.05) is 0 Å². The van der Waals surface area contributed by atoms with Crippen molar-refractivity contribution in [2.75, 3.05) is 0 Å². The summed E-state index contributed by atoms with van der Waals surface area (Å²) in [5.41, 5.74) is 0. The first-order chi connectivity index (χ1) is 0. The molecule has 0 aromatic carbocycles. The summed E-state index contributed by atoms with van der Waals surface area (Å²) in [4.78, 5) is 0. The van der Waals surface area contributed by atoms with Crippen LogP contribution in [0, 0.1) is 0 Å². The fourth-order valence-corrected chi connectivity index (χ4v) is 0. The minimum absolute atomic E-state index is 0. The molecule has 0 radical (unpaired) electrons. The number of halogens is 4. The van der Waals surface area contributed by atoms with Crippen LogP contribution in [0.3, 0.4) is 0 Å². The zero-order chi connectivity index (χ0) is 0. The minimum atomic E-state index is 0. The minimum Gasteiger partial charge on any atom is -1.00 e. The second-order valence-corrected chi connectivity index (χ2v) is 0. The van der Waals surface area contributed by atoms with Crippen LogP contribution in [0.4, 0.5) is 0 Å². The smallest absolute Gasteiger partial charge is 1.00 e. The first-order valence-corrected chi connectivity index (χ1v) is 0. The Hall–Kier alpha value is 2.86. The van der Waals surface area contributed by atoms with Gasteiger partial charge in [-0.3, -0.25) is 0 Å². The van der Waals surface area contributed by atoms with Crippen LogP contribution in [0.15, 0.2) is 0 Å². The van der Waals surface area contributed by atoms with Crippen LogP contribution in [0.5, 0.6) is 0 Å². The van der Waals surface area contributed by atoms with Crippen LogP contribution in [0.2, 0.25) is 0 Å².